The van der Waals surface area contributed by atoms with Crippen LogP contribution in [0.1, 0.15) is 44.0 Å². The highest BCUT2D eigenvalue weighted by Gasteiger charge is 2.27. The van der Waals surface area contributed by atoms with E-state index in [2.05, 4.69) is 31.0 Å². The quantitative estimate of drug-likeness (QED) is 0.575. The predicted octanol–water partition coefficient (Wildman–Crippen LogP) is 1.97. The summed E-state index contributed by atoms with van der Waals surface area (Å²) in [6.45, 7) is 8.61. The van der Waals surface area contributed by atoms with Crippen molar-refractivity contribution in [1.82, 2.24) is 10.2 Å². The van der Waals surface area contributed by atoms with Crippen LogP contribution in [0.15, 0.2) is 18.2 Å². The summed E-state index contributed by atoms with van der Waals surface area (Å²) in [5.74, 6) is -0.204. The summed E-state index contributed by atoms with van der Waals surface area (Å²) in [5, 5.41) is 12.6. The normalized spacial score (nSPS) is 17.7. The van der Waals surface area contributed by atoms with Crippen molar-refractivity contribution >= 4 is 11.6 Å². The van der Waals surface area contributed by atoms with Gasteiger partial charge in [-0.05, 0) is 51.8 Å². The van der Waals surface area contributed by atoms with E-state index in [1.54, 1.807) is 12.1 Å². The molecule has 0 unspecified atom stereocenters. The van der Waals surface area contributed by atoms with Crippen LogP contribution in [0.3, 0.4) is 0 Å². The molecule has 0 saturated carbocycles. The van der Waals surface area contributed by atoms with E-state index < -0.39 is 0 Å². The number of amides is 1. The lowest BCUT2D eigenvalue weighted by molar-refractivity contribution is 0.0812. The lowest BCUT2D eigenvalue weighted by Crippen LogP contribution is -2.50. The molecule has 1 aliphatic heterocycles. The maximum absolute atomic E-state index is 12.2. The number of phenols is 1. The van der Waals surface area contributed by atoms with Crippen LogP contribution < -0.4 is 11.1 Å². The molecule has 0 radical (unpaired) electrons. The van der Waals surface area contributed by atoms with Crippen LogP contribution in [0.2, 0.25) is 0 Å². The van der Waals surface area contributed by atoms with E-state index in [9.17, 15) is 9.90 Å². The van der Waals surface area contributed by atoms with Crippen molar-refractivity contribution in [2.45, 2.75) is 45.2 Å². The van der Waals surface area contributed by atoms with Gasteiger partial charge in [-0.2, -0.15) is 0 Å². The third-order valence-corrected chi connectivity index (χ3v) is 4.07. The number of nitrogens with one attached hydrogen (secondary N) is 1. The average molecular weight is 291 g/mol. The van der Waals surface area contributed by atoms with Crippen LogP contribution in [0.5, 0.6) is 5.75 Å². The Morgan fingerprint density at radius 3 is 2.48 bits per heavy atom. The monoisotopic (exact) mass is 291 g/mol. The molecule has 0 aromatic heterocycles. The molecular formula is C16H25N3O2. The average Bonchev–Trinajstić information content (AvgIpc) is 2.41. The Kier molecular flexibility index (Phi) is 4.42. The lowest BCUT2D eigenvalue weighted by atomic mass is 9.98. The van der Waals surface area contributed by atoms with Crippen LogP contribution in [-0.4, -0.2) is 40.6 Å². The fourth-order valence-electron chi connectivity index (χ4n) is 2.65. The van der Waals surface area contributed by atoms with Gasteiger partial charge in [0.1, 0.15) is 5.75 Å². The van der Waals surface area contributed by atoms with E-state index in [1.807, 2.05) is 0 Å². The molecular weight excluding hydrogens is 266 g/mol. The fraction of sp³-hybridized carbons (Fsp3) is 0.562. The first-order chi connectivity index (χ1) is 9.77. The number of piperidine rings is 1. The van der Waals surface area contributed by atoms with Crippen LogP contribution >= 0.6 is 0 Å². The molecule has 0 bridgehead atoms. The Bertz CT molecular complexity index is 515. The summed E-state index contributed by atoms with van der Waals surface area (Å²) in [5.41, 5.74) is 6.45. The Labute approximate surface area is 126 Å². The number of nitrogens with zero attached hydrogens (tertiary/aromatic N) is 1. The lowest BCUT2D eigenvalue weighted by Gasteiger charge is -2.41. The van der Waals surface area contributed by atoms with Crippen molar-refractivity contribution in [3.63, 3.8) is 0 Å². The smallest absolute Gasteiger partial charge is 0.251 e. The van der Waals surface area contributed by atoms with Gasteiger partial charge in [-0.15, -0.1) is 0 Å². The number of hydrogen-bond acceptors (Lipinski definition) is 4. The highest BCUT2D eigenvalue weighted by Crippen LogP contribution is 2.22. The predicted molar refractivity (Wildman–Crippen MR) is 84.3 cm³/mol. The number of likely N-dealkylation sites (tertiary alicyclic amines) is 1. The van der Waals surface area contributed by atoms with E-state index in [-0.39, 0.29) is 28.9 Å². The number of hydrogen-bond donors (Lipinski definition) is 3. The number of benzene rings is 1. The zero-order valence-electron chi connectivity index (χ0n) is 13.0. The molecule has 5 heteroatoms. The van der Waals surface area contributed by atoms with Crippen molar-refractivity contribution in [2.75, 3.05) is 18.8 Å². The number of carbonyl (C=O) groups is 1. The van der Waals surface area contributed by atoms with Crippen molar-refractivity contribution in [3.8, 4) is 5.75 Å². The Morgan fingerprint density at radius 2 is 1.95 bits per heavy atom. The molecule has 0 atom stereocenters. The van der Waals surface area contributed by atoms with Gasteiger partial charge in [-0.3, -0.25) is 9.69 Å². The number of aromatic hydroxyl groups is 1. The number of rotatable bonds is 2. The number of anilines is 1. The molecule has 1 aromatic carbocycles. The molecule has 1 heterocycles. The van der Waals surface area contributed by atoms with Gasteiger partial charge in [0.25, 0.3) is 5.91 Å². The second kappa shape index (κ2) is 5.93. The van der Waals surface area contributed by atoms with Gasteiger partial charge in [0.2, 0.25) is 0 Å². The van der Waals surface area contributed by atoms with Gasteiger partial charge >= 0.3 is 0 Å². The van der Waals surface area contributed by atoms with Gasteiger partial charge in [-0.1, -0.05) is 0 Å². The van der Waals surface area contributed by atoms with Crippen molar-refractivity contribution in [1.29, 1.82) is 0 Å². The summed E-state index contributed by atoms with van der Waals surface area (Å²) in [6.07, 6.45) is 1.90. The molecule has 2 rings (SSSR count). The SMILES string of the molecule is CC(C)(C)N1CCC(NC(=O)c2ccc(N)c(O)c2)CC1. The van der Waals surface area contributed by atoms with Crippen LogP contribution in [0.4, 0.5) is 5.69 Å². The first kappa shape index (κ1) is 15.6. The van der Waals surface area contributed by atoms with Gasteiger partial charge < -0.3 is 16.2 Å². The minimum atomic E-state index is -0.153. The zero-order valence-corrected chi connectivity index (χ0v) is 13.0. The Balaban J connectivity index is 1.91. The summed E-state index contributed by atoms with van der Waals surface area (Å²) >= 11 is 0. The van der Waals surface area contributed by atoms with E-state index in [0.29, 0.717) is 5.56 Å². The first-order valence-corrected chi connectivity index (χ1v) is 7.42. The fourth-order valence-corrected chi connectivity index (χ4v) is 2.65. The molecule has 4 N–H and O–H groups in total. The van der Waals surface area contributed by atoms with Gasteiger partial charge in [-0.25, -0.2) is 0 Å². The molecule has 21 heavy (non-hydrogen) atoms. The Morgan fingerprint density at radius 1 is 1.33 bits per heavy atom. The number of nitrogen functional groups attached to an aromatic ring is 1. The highest BCUT2D eigenvalue weighted by molar-refractivity contribution is 5.95. The minimum absolute atomic E-state index is 0.0507. The van der Waals surface area contributed by atoms with E-state index in [4.69, 9.17) is 5.73 Å². The number of phenolic OH excluding ortho intramolecular Hbond substituents is 1. The molecule has 0 spiro atoms. The molecule has 1 aromatic rings. The molecule has 1 amide bonds. The number of carbonyl (C=O) groups excluding carboxylic acids is 1. The third-order valence-electron chi connectivity index (χ3n) is 4.07. The maximum Gasteiger partial charge on any atom is 0.251 e. The maximum atomic E-state index is 12.2. The van der Waals surface area contributed by atoms with E-state index in [0.717, 1.165) is 25.9 Å². The summed E-state index contributed by atoms with van der Waals surface area (Å²) in [4.78, 5) is 14.6. The number of nitrogens with two attached hydrogens (primary N) is 1. The van der Waals surface area contributed by atoms with Crippen molar-refractivity contribution in [2.24, 2.45) is 0 Å². The third kappa shape index (κ3) is 3.88. The molecule has 1 saturated heterocycles. The highest BCUT2D eigenvalue weighted by atomic mass is 16.3. The standard InChI is InChI=1S/C16H25N3O2/c1-16(2,3)19-8-6-12(7-9-19)18-15(21)11-4-5-13(17)14(20)10-11/h4-5,10,12,20H,6-9,17H2,1-3H3,(H,18,21). The summed E-state index contributed by atoms with van der Waals surface area (Å²) in [6, 6.07) is 4.78. The molecule has 116 valence electrons. The van der Waals surface area contributed by atoms with Crippen LogP contribution in [0.25, 0.3) is 0 Å². The summed E-state index contributed by atoms with van der Waals surface area (Å²) < 4.78 is 0. The van der Waals surface area contributed by atoms with E-state index in [1.165, 1.54) is 6.07 Å². The van der Waals surface area contributed by atoms with Gasteiger partial charge in [0.15, 0.2) is 0 Å². The van der Waals surface area contributed by atoms with Crippen molar-refractivity contribution in [3.05, 3.63) is 23.8 Å². The van der Waals surface area contributed by atoms with Crippen LogP contribution in [0, 0.1) is 0 Å². The molecule has 5 nitrogen and oxygen atoms in total. The second-order valence-corrected chi connectivity index (χ2v) is 6.68. The first-order valence-electron chi connectivity index (χ1n) is 7.42. The van der Waals surface area contributed by atoms with E-state index >= 15 is 0 Å². The second-order valence-electron chi connectivity index (χ2n) is 6.68. The van der Waals surface area contributed by atoms with Gasteiger partial charge in [0.05, 0.1) is 5.69 Å². The molecule has 1 fully saturated rings. The van der Waals surface area contributed by atoms with Gasteiger partial charge in [0, 0.05) is 30.2 Å². The topological polar surface area (TPSA) is 78.6 Å². The van der Waals surface area contributed by atoms with Crippen LogP contribution in [-0.2, 0) is 0 Å². The zero-order chi connectivity index (χ0) is 15.6. The summed E-state index contributed by atoms with van der Waals surface area (Å²) in [7, 11) is 0. The van der Waals surface area contributed by atoms with Crippen molar-refractivity contribution < 1.29 is 9.90 Å². The Hall–Kier alpha value is -1.75. The molecule has 0 aliphatic carbocycles. The largest absolute Gasteiger partial charge is 0.506 e. The minimum Gasteiger partial charge on any atom is -0.506 e. The molecule has 1 aliphatic rings.